The number of ether oxygens (including phenoxy) is 1. The molecular weight excluding hydrogens is 269 g/mol. The molecule has 0 radical (unpaired) electrons. The van der Waals surface area contributed by atoms with E-state index in [-0.39, 0.29) is 11.8 Å². The number of aryl methyl sites for hydroxylation is 1. The number of para-hydroxylation sites is 1. The Morgan fingerprint density at radius 2 is 2.00 bits per heavy atom. The molecule has 0 amide bonds. The molecule has 2 rings (SSSR count). The standard InChI is InChI=1S/C17H18FNO2/c1-3-21-17(20)15-6-4-5-7-16(15)19-11-13-8-9-14(18)10-12(13)2/h4-10,19H,3,11H2,1-2H3. The van der Waals surface area contributed by atoms with E-state index in [0.29, 0.717) is 24.4 Å². The molecule has 1 N–H and O–H groups in total. The van der Waals surface area contributed by atoms with Gasteiger partial charge in [0.1, 0.15) is 5.82 Å². The number of carbonyl (C=O) groups excluding carboxylic acids is 1. The van der Waals surface area contributed by atoms with Gasteiger partial charge in [0.15, 0.2) is 0 Å². The molecule has 0 spiro atoms. The van der Waals surface area contributed by atoms with Crippen LogP contribution >= 0.6 is 0 Å². The third-order valence-electron chi connectivity index (χ3n) is 3.20. The van der Waals surface area contributed by atoms with Gasteiger partial charge in [-0.3, -0.25) is 0 Å². The van der Waals surface area contributed by atoms with E-state index >= 15 is 0 Å². The number of hydrogen-bond donors (Lipinski definition) is 1. The molecule has 0 unspecified atom stereocenters. The van der Waals surface area contributed by atoms with Crippen molar-refractivity contribution in [1.29, 1.82) is 0 Å². The minimum atomic E-state index is -0.351. The lowest BCUT2D eigenvalue weighted by atomic mass is 10.1. The van der Waals surface area contributed by atoms with Crippen LogP contribution in [0.25, 0.3) is 0 Å². The summed E-state index contributed by atoms with van der Waals surface area (Å²) >= 11 is 0. The van der Waals surface area contributed by atoms with E-state index in [1.54, 1.807) is 25.1 Å². The molecule has 2 aromatic rings. The SMILES string of the molecule is CCOC(=O)c1ccccc1NCc1ccc(F)cc1C. The molecule has 0 saturated carbocycles. The minimum Gasteiger partial charge on any atom is -0.462 e. The number of hydrogen-bond acceptors (Lipinski definition) is 3. The highest BCUT2D eigenvalue weighted by atomic mass is 19.1. The first-order valence-corrected chi connectivity index (χ1v) is 6.87. The van der Waals surface area contributed by atoms with Crippen LogP contribution in [0.15, 0.2) is 42.5 Å². The van der Waals surface area contributed by atoms with Crippen molar-refractivity contribution in [2.45, 2.75) is 20.4 Å². The summed E-state index contributed by atoms with van der Waals surface area (Å²) in [7, 11) is 0. The normalized spacial score (nSPS) is 10.2. The Kier molecular flexibility index (Phi) is 4.93. The number of carbonyl (C=O) groups is 1. The highest BCUT2D eigenvalue weighted by Gasteiger charge is 2.11. The van der Waals surface area contributed by atoms with E-state index in [1.807, 2.05) is 19.1 Å². The average Bonchev–Trinajstić information content (AvgIpc) is 2.47. The maximum Gasteiger partial charge on any atom is 0.340 e. The van der Waals surface area contributed by atoms with E-state index in [0.717, 1.165) is 11.1 Å². The molecule has 0 fully saturated rings. The number of anilines is 1. The summed E-state index contributed by atoms with van der Waals surface area (Å²) in [6.07, 6.45) is 0. The molecule has 0 aliphatic carbocycles. The summed E-state index contributed by atoms with van der Waals surface area (Å²) in [6, 6.07) is 11.9. The Morgan fingerprint density at radius 1 is 1.24 bits per heavy atom. The van der Waals surface area contributed by atoms with Crippen molar-refractivity contribution in [2.75, 3.05) is 11.9 Å². The smallest absolute Gasteiger partial charge is 0.340 e. The van der Waals surface area contributed by atoms with Crippen molar-refractivity contribution in [3.63, 3.8) is 0 Å². The first-order valence-electron chi connectivity index (χ1n) is 6.87. The largest absolute Gasteiger partial charge is 0.462 e. The van der Waals surface area contributed by atoms with E-state index in [9.17, 15) is 9.18 Å². The predicted molar refractivity (Wildman–Crippen MR) is 80.9 cm³/mol. The number of halogens is 1. The molecule has 0 heterocycles. The summed E-state index contributed by atoms with van der Waals surface area (Å²) in [5.74, 6) is -0.598. The van der Waals surface area contributed by atoms with Crippen molar-refractivity contribution in [3.05, 3.63) is 65.0 Å². The van der Waals surface area contributed by atoms with E-state index in [2.05, 4.69) is 5.32 Å². The van der Waals surface area contributed by atoms with Gasteiger partial charge in [0.05, 0.1) is 12.2 Å². The van der Waals surface area contributed by atoms with Gasteiger partial charge in [0.25, 0.3) is 0 Å². The summed E-state index contributed by atoms with van der Waals surface area (Å²) in [5.41, 5.74) is 3.06. The Labute approximate surface area is 123 Å². The summed E-state index contributed by atoms with van der Waals surface area (Å²) in [6.45, 7) is 4.49. The van der Waals surface area contributed by atoms with E-state index < -0.39 is 0 Å². The zero-order chi connectivity index (χ0) is 15.2. The third kappa shape index (κ3) is 3.81. The fourth-order valence-electron chi connectivity index (χ4n) is 2.07. The van der Waals surface area contributed by atoms with Gasteiger partial charge in [-0.15, -0.1) is 0 Å². The average molecular weight is 287 g/mol. The van der Waals surface area contributed by atoms with Gasteiger partial charge in [-0.2, -0.15) is 0 Å². The molecule has 0 bridgehead atoms. The second-order valence-electron chi connectivity index (χ2n) is 4.69. The van der Waals surface area contributed by atoms with Gasteiger partial charge in [0, 0.05) is 12.2 Å². The number of rotatable bonds is 5. The zero-order valence-electron chi connectivity index (χ0n) is 12.2. The van der Waals surface area contributed by atoms with Gasteiger partial charge >= 0.3 is 5.97 Å². The zero-order valence-corrected chi connectivity index (χ0v) is 12.2. The Bertz CT molecular complexity index is 640. The van der Waals surface area contributed by atoms with Crippen LogP contribution in [-0.2, 0) is 11.3 Å². The fraction of sp³-hybridized carbons (Fsp3) is 0.235. The third-order valence-corrected chi connectivity index (χ3v) is 3.20. The lowest BCUT2D eigenvalue weighted by Gasteiger charge is -2.12. The van der Waals surface area contributed by atoms with Crippen LogP contribution in [0.3, 0.4) is 0 Å². The van der Waals surface area contributed by atoms with E-state index in [1.165, 1.54) is 12.1 Å². The maximum atomic E-state index is 13.1. The van der Waals surface area contributed by atoms with Crippen LogP contribution in [0, 0.1) is 12.7 Å². The van der Waals surface area contributed by atoms with Gasteiger partial charge < -0.3 is 10.1 Å². The summed E-state index contributed by atoms with van der Waals surface area (Å²) < 4.78 is 18.1. The maximum absolute atomic E-state index is 13.1. The minimum absolute atomic E-state index is 0.247. The van der Waals surface area contributed by atoms with Crippen molar-refractivity contribution in [3.8, 4) is 0 Å². The molecule has 21 heavy (non-hydrogen) atoms. The fourth-order valence-corrected chi connectivity index (χ4v) is 2.07. The number of benzene rings is 2. The molecule has 0 aromatic heterocycles. The topological polar surface area (TPSA) is 38.3 Å². The lowest BCUT2D eigenvalue weighted by Crippen LogP contribution is -2.10. The van der Waals surface area contributed by atoms with Crippen molar-refractivity contribution in [1.82, 2.24) is 0 Å². The molecule has 2 aromatic carbocycles. The second-order valence-corrected chi connectivity index (χ2v) is 4.69. The van der Waals surface area contributed by atoms with Crippen LogP contribution in [0.2, 0.25) is 0 Å². The van der Waals surface area contributed by atoms with Crippen LogP contribution < -0.4 is 5.32 Å². The molecule has 3 nitrogen and oxygen atoms in total. The second kappa shape index (κ2) is 6.88. The van der Waals surface area contributed by atoms with E-state index in [4.69, 9.17) is 4.74 Å². The first kappa shape index (κ1) is 15.0. The molecule has 0 saturated heterocycles. The molecule has 4 heteroatoms. The Balaban J connectivity index is 2.14. The summed E-state index contributed by atoms with van der Waals surface area (Å²) in [5, 5.41) is 3.21. The van der Waals surface area contributed by atoms with Gasteiger partial charge in [0.2, 0.25) is 0 Å². The molecule has 110 valence electrons. The van der Waals surface area contributed by atoms with Gasteiger partial charge in [-0.1, -0.05) is 18.2 Å². The monoisotopic (exact) mass is 287 g/mol. The van der Waals surface area contributed by atoms with Gasteiger partial charge in [-0.05, 0) is 49.2 Å². The van der Waals surface area contributed by atoms with Crippen LogP contribution in [-0.4, -0.2) is 12.6 Å². The predicted octanol–water partition coefficient (Wildman–Crippen LogP) is 3.92. The van der Waals surface area contributed by atoms with Crippen LogP contribution in [0.1, 0.15) is 28.4 Å². The molecule has 0 atom stereocenters. The van der Waals surface area contributed by atoms with Crippen molar-refractivity contribution in [2.24, 2.45) is 0 Å². The summed E-state index contributed by atoms with van der Waals surface area (Å²) in [4.78, 5) is 11.9. The quantitative estimate of drug-likeness (QED) is 0.847. The Morgan fingerprint density at radius 3 is 2.71 bits per heavy atom. The molecule has 0 aliphatic rings. The molecule has 0 aliphatic heterocycles. The molecular formula is C17H18FNO2. The number of nitrogens with one attached hydrogen (secondary N) is 1. The van der Waals surface area contributed by atoms with Crippen LogP contribution in [0.4, 0.5) is 10.1 Å². The highest BCUT2D eigenvalue weighted by molar-refractivity contribution is 5.95. The highest BCUT2D eigenvalue weighted by Crippen LogP contribution is 2.18. The van der Waals surface area contributed by atoms with Gasteiger partial charge in [-0.25, -0.2) is 9.18 Å². The van der Waals surface area contributed by atoms with Crippen molar-refractivity contribution < 1.29 is 13.9 Å². The van der Waals surface area contributed by atoms with Crippen LogP contribution in [0.5, 0.6) is 0 Å². The number of esters is 1. The lowest BCUT2D eigenvalue weighted by molar-refractivity contribution is 0.0527. The first-order chi connectivity index (χ1) is 10.1. The van der Waals surface area contributed by atoms with Crippen molar-refractivity contribution >= 4 is 11.7 Å². The Hall–Kier alpha value is -2.36.